The zero-order valence-corrected chi connectivity index (χ0v) is 20.5. The van der Waals surface area contributed by atoms with E-state index in [2.05, 4.69) is 42.5 Å². The van der Waals surface area contributed by atoms with Gasteiger partial charge < -0.3 is 25.2 Å². The molecule has 0 spiro atoms. The van der Waals surface area contributed by atoms with E-state index in [0.29, 0.717) is 11.4 Å². The van der Waals surface area contributed by atoms with E-state index in [-0.39, 0.29) is 17.6 Å². The molecule has 1 aromatic heterocycles. The molecule has 1 aliphatic rings. The van der Waals surface area contributed by atoms with Crippen LogP contribution in [0.5, 0.6) is 5.75 Å². The van der Waals surface area contributed by atoms with Gasteiger partial charge in [-0.1, -0.05) is 17.8 Å². The highest BCUT2D eigenvalue weighted by Gasteiger charge is 2.19. The van der Waals surface area contributed by atoms with E-state index >= 15 is 0 Å². The van der Waals surface area contributed by atoms with Gasteiger partial charge in [0.25, 0.3) is 0 Å². The Balaban J connectivity index is 1.27. The average molecular weight is 493 g/mol. The van der Waals surface area contributed by atoms with Gasteiger partial charge in [0, 0.05) is 62.3 Å². The molecule has 0 bridgehead atoms. The number of carbonyl (C=O) groups excluding carboxylic acids is 2. The molecule has 9 nitrogen and oxygen atoms in total. The van der Waals surface area contributed by atoms with Crippen LogP contribution in [0.2, 0.25) is 0 Å². The number of nitrogens with one attached hydrogen (secondary N) is 2. The van der Waals surface area contributed by atoms with E-state index in [1.54, 1.807) is 37.7 Å². The lowest BCUT2D eigenvalue weighted by atomic mass is 10.2. The maximum Gasteiger partial charge on any atom is 0.234 e. The molecule has 1 fully saturated rings. The molecule has 2 N–H and O–H groups in total. The summed E-state index contributed by atoms with van der Waals surface area (Å²) in [5.74, 6) is 1.68. The molecule has 35 heavy (non-hydrogen) atoms. The zero-order chi connectivity index (χ0) is 24.6. The molecule has 3 aromatic rings. The molecule has 0 atom stereocenters. The predicted octanol–water partition coefficient (Wildman–Crippen LogP) is 3.50. The van der Waals surface area contributed by atoms with Gasteiger partial charge in [0.2, 0.25) is 11.8 Å². The summed E-state index contributed by atoms with van der Waals surface area (Å²) in [5, 5.41) is 6.31. The summed E-state index contributed by atoms with van der Waals surface area (Å²) in [6.45, 7) is 4.89. The van der Waals surface area contributed by atoms with E-state index in [1.807, 2.05) is 18.2 Å². The Bertz CT molecular complexity index is 1170. The Morgan fingerprint density at radius 2 is 1.63 bits per heavy atom. The standard InChI is InChI=1S/C25H28N6O3S/c1-18(32)28-19-6-8-20(9-7-19)29-24(33)16-35-25-15-23(26-17-27-25)31-12-10-30(11-13-31)21-4-3-5-22(14-21)34-2/h3-9,14-15,17H,10-13,16H2,1-2H3,(H,28,32)(H,29,33). The molecule has 2 heterocycles. The monoisotopic (exact) mass is 492 g/mol. The number of carbonyl (C=O) groups is 2. The van der Waals surface area contributed by atoms with Crippen molar-refractivity contribution in [2.45, 2.75) is 11.9 Å². The van der Waals surface area contributed by atoms with Gasteiger partial charge in [-0.05, 0) is 36.4 Å². The Labute approximate surface area is 208 Å². The van der Waals surface area contributed by atoms with Crippen LogP contribution in [0.3, 0.4) is 0 Å². The molecule has 182 valence electrons. The smallest absolute Gasteiger partial charge is 0.234 e. The Morgan fingerprint density at radius 3 is 2.31 bits per heavy atom. The quantitative estimate of drug-likeness (QED) is 0.364. The Hall–Kier alpha value is -3.79. The normalized spacial score (nSPS) is 13.3. The number of nitrogens with zero attached hydrogens (tertiary/aromatic N) is 4. The lowest BCUT2D eigenvalue weighted by molar-refractivity contribution is -0.114. The highest BCUT2D eigenvalue weighted by Crippen LogP contribution is 2.25. The molecular weight excluding hydrogens is 464 g/mol. The second kappa shape index (κ2) is 11.6. The number of anilines is 4. The molecule has 10 heteroatoms. The summed E-state index contributed by atoms with van der Waals surface area (Å²) < 4.78 is 5.34. The van der Waals surface area contributed by atoms with Gasteiger partial charge in [-0.2, -0.15) is 0 Å². The number of hydrogen-bond acceptors (Lipinski definition) is 8. The Morgan fingerprint density at radius 1 is 0.943 bits per heavy atom. The molecule has 2 amide bonds. The lowest BCUT2D eigenvalue weighted by Gasteiger charge is -2.36. The number of thioether (sulfide) groups is 1. The van der Waals surface area contributed by atoms with Crippen molar-refractivity contribution >= 4 is 46.5 Å². The van der Waals surface area contributed by atoms with Crippen molar-refractivity contribution in [3.63, 3.8) is 0 Å². The summed E-state index contributed by atoms with van der Waals surface area (Å²) in [5.41, 5.74) is 2.50. The first-order valence-electron chi connectivity index (χ1n) is 11.3. The van der Waals surface area contributed by atoms with Crippen molar-refractivity contribution in [3.05, 3.63) is 60.9 Å². The van der Waals surface area contributed by atoms with Gasteiger partial charge in [-0.15, -0.1) is 0 Å². The summed E-state index contributed by atoms with van der Waals surface area (Å²) >= 11 is 1.37. The summed E-state index contributed by atoms with van der Waals surface area (Å²) in [6.07, 6.45) is 1.55. The van der Waals surface area contributed by atoms with Gasteiger partial charge in [0.1, 0.15) is 22.9 Å². The third kappa shape index (κ3) is 6.86. The van der Waals surface area contributed by atoms with E-state index in [4.69, 9.17) is 4.74 Å². The van der Waals surface area contributed by atoms with Crippen LogP contribution in [0.15, 0.2) is 66.0 Å². The van der Waals surface area contributed by atoms with Crippen molar-refractivity contribution in [2.75, 3.05) is 59.5 Å². The van der Waals surface area contributed by atoms with Crippen LogP contribution in [0.4, 0.5) is 22.9 Å². The van der Waals surface area contributed by atoms with Crippen LogP contribution in [0.25, 0.3) is 0 Å². The van der Waals surface area contributed by atoms with Crippen molar-refractivity contribution in [3.8, 4) is 5.75 Å². The van der Waals surface area contributed by atoms with Crippen molar-refractivity contribution < 1.29 is 14.3 Å². The molecule has 0 saturated carbocycles. The van der Waals surface area contributed by atoms with Crippen LogP contribution in [0.1, 0.15) is 6.92 Å². The van der Waals surface area contributed by atoms with Gasteiger partial charge in [0.05, 0.1) is 12.9 Å². The SMILES string of the molecule is COc1cccc(N2CCN(c3cc(SCC(=O)Nc4ccc(NC(C)=O)cc4)ncn3)CC2)c1. The summed E-state index contributed by atoms with van der Waals surface area (Å²) in [7, 11) is 1.68. The minimum atomic E-state index is -0.138. The molecule has 1 aliphatic heterocycles. The fourth-order valence-electron chi connectivity index (χ4n) is 3.76. The maximum absolute atomic E-state index is 12.4. The molecule has 2 aromatic carbocycles. The highest BCUT2D eigenvalue weighted by molar-refractivity contribution is 7.99. The summed E-state index contributed by atoms with van der Waals surface area (Å²) in [4.78, 5) is 36.8. The largest absolute Gasteiger partial charge is 0.497 e. The third-order valence-electron chi connectivity index (χ3n) is 5.49. The first-order valence-corrected chi connectivity index (χ1v) is 12.2. The highest BCUT2D eigenvalue weighted by atomic mass is 32.2. The third-order valence-corrected chi connectivity index (χ3v) is 6.42. The van der Waals surface area contributed by atoms with Gasteiger partial charge in [-0.25, -0.2) is 9.97 Å². The zero-order valence-electron chi connectivity index (χ0n) is 19.7. The molecule has 0 unspecified atom stereocenters. The van der Waals surface area contributed by atoms with Crippen molar-refractivity contribution in [1.29, 1.82) is 0 Å². The number of amides is 2. The molecular formula is C25H28N6O3S. The van der Waals surface area contributed by atoms with E-state index < -0.39 is 0 Å². The van der Waals surface area contributed by atoms with Crippen LogP contribution >= 0.6 is 11.8 Å². The second-order valence-electron chi connectivity index (χ2n) is 7.99. The van der Waals surface area contributed by atoms with Crippen LogP contribution in [-0.2, 0) is 9.59 Å². The lowest BCUT2D eigenvalue weighted by Crippen LogP contribution is -2.46. The van der Waals surface area contributed by atoms with E-state index in [0.717, 1.165) is 48.5 Å². The molecule has 1 saturated heterocycles. The van der Waals surface area contributed by atoms with Crippen LogP contribution in [0, 0.1) is 0 Å². The fourth-order valence-corrected chi connectivity index (χ4v) is 4.42. The van der Waals surface area contributed by atoms with Gasteiger partial charge in [0.15, 0.2) is 0 Å². The fraction of sp³-hybridized carbons (Fsp3) is 0.280. The number of hydrogen-bond donors (Lipinski definition) is 2. The van der Waals surface area contributed by atoms with Gasteiger partial charge in [-0.3, -0.25) is 9.59 Å². The predicted molar refractivity (Wildman–Crippen MR) is 140 cm³/mol. The summed E-state index contributed by atoms with van der Waals surface area (Å²) in [6, 6.07) is 17.0. The maximum atomic E-state index is 12.4. The van der Waals surface area contributed by atoms with Gasteiger partial charge >= 0.3 is 0 Å². The number of aromatic nitrogens is 2. The number of piperazine rings is 1. The number of ether oxygens (including phenoxy) is 1. The van der Waals surface area contributed by atoms with Crippen LogP contribution in [-0.4, -0.2) is 60.8 Å². The molecule has 0 aliphatic carbocycles. The first kappa shape index (κ1) is 24.3. The average Bonchev–Trinajstić information content (AvgIpc) is 2.89. The molecule has 4 rings (SSSR count). The van der Waals surface area contributed by atoms with Crippen LogP contribution < -0.4 is 25.2 Å². The molecule has 0 radical (unpaired) electrons. The minimum Gasteiger partial charge on any atom is -0.497 e. The van der Waals surface area contributed by atoms with E-state index in [9.17, 15) is 9.59 Å². The minimum absolute atomic E-state index is 0.130. The number of benzene rings is 2. The van der Waals surface area contributed by atoms with Crippen molar-refractivity contribution in [1.82, 2.24) is 9.97 Å². The second-order valence-corrected chi connectivity index (χ2v) is 8.98. The first-order chi connectivity index (χ1) is 17.0. The number of methoxy groups -OCH3 is 1. The Kier molecular flexibility index (Phi) is 8.04. The topological polar surface area (TPSA) is 99.7 Å². The van der Waals surface area contributed by atoms with Crippen molar-refractivity contribution in [2.24, 2.45) is 0 Å². The number of rotatable bonds is 8. The van der Waals surface area contributed by atoms with E-state index in [1.165, 1.54) is 18.7 Å².